The summed E-state index contributed by atoms with van der Waals surface area (Å²) >= 11 is 0. The van der Waals surface area contributed by atoms with E-state index < -0.39 is 0 Å². The summed E-state index contributed by atoms with van der Waals surface area (Å²) in [5, 5.41) is 2.99. The molecule has 0 aliphatic carbocycles. The molecule has 130 valence electrons. The number of pyridine rings is 1. The lowest BCUT2D eigenvalue weighted by atomic mass is 9.97. The van der Waals surface area contributed by atoms with Crippen LogP contribution in [0.4, 0.5) is 0 Å². The molecule has 1 aliphatic rings. The van der Waals surface area contributed by atoms with Crippen LogP contribution in [0.25, 0.3) is 11.1 Å². The van der Waals surface area contributed by atoms with Crippen molar-refractivity contribution in [1.29, 1.82) is 0 Å². The zero-order valence-corrected chi connectivity index (χ0v) is 14.4. The highest BCUT2D eigenvalue weighted by atomic mass is 16.5. The Hall–Kier alpha value is -3.14. The van der Waals surface area contributed by atoms with Crippen LogP contribution in [0.3, 0.4) is 0 Å². The molecule has 0 atom stereocenters. The van der Waals surface area contributed by atoms with Crippen molar-refractivity contribution in [3.05, 3.63) is 83.7 Å². The van der Waals surface area contributed by atoms with Gasteiger partial charge in [-0.15, -0.1) is 0 Å². The normalized spacial score (nSPS) is 11.8. The third-order valence-corrected chi connectivity index (χ3v) is 4.59. The van der Waals surface area contributed by atoms with E-state index in [1.807, 2.05) is 48.7 Å². The maximum absolute atomic E-state index is 12.4. The molecule has 0 radical (unpaired) electrons. The highest BCUT2D eigenvalue weighted by Gasteiger charge is 2.18. The number of fused-ring (bicyclic) bond motifs is 3. The fourth-order valence-electron chi connectivity index (χ4n) is 3.21. The number of benzene rings is 2. The summed E-state index contributed by atoms with van der Waals surface area (Å²) in [6, 6.07) is 17.9. The molecule has 2 aromatic carbocycles. The third-order valence-electron chi connectivity index (χ3n) is 4.59. The molecule has 26 heavy (non-hydrogen) atoms. The van der Waals surface area contributed by atoms with E-state index in [9.17, 15) is 4.79 Å². The van der Waals surface area contributed by atoms with E-state index in [0.717, 1.165) is 35.3 Å². The van der Waals surface area contributed by atoms with Gasteiger partial charge in [0.25, 0.3) is 5.91 Å². The number of carbonyl (C=O) groups excluding carboxylic acids is 1. The fraction of sp³-hybridized carbons (Fsp3) is 0.182. The van der Waals surface area contributed by atoms with Crippen LogP contribution in [0.5, 0.6) is 5.75 Å². The molecule has 0 fully saturated rings. The van der Waals surface area contributed by atoms with Crippen molar-refractivity contribution >= 4 is 5.91 Å². The molecule has 1 amide bonds. The van der Waals surface area contributed by atoms with Gasteiger partial charge in [-0.2, -0.15) is 0 Å². The van der Waals surface area contributed by atoms with Crippen molar-refractivity contribution in [3.8, 4) is 16.9 Å². The quantitative estimate of drug-likeness (QED) is 0.712. The summed E-state index contributed by atoms with van der Waals surface area (Å²) in [4.78, 5) is 16.5. The van der Waals surface area contributed by atoms with Crippen molar-refractivity contribution in [1.82, 2.24) is 10.3 Å². The van der Waals surface area contributed by atoms with Gasteiger partial charge in [0.2, 0.25) is 0 Å². The number of rotatable bonds is 5. The van der Waals surface area contributed by atoms with E-state index >= 15 is 0 Å². The van der Waals surface area contributed by atoms with E-state index in [-0.39, 0.29) is 5.91 Å². The third kappa shape index (κ3) is 3.45. The lowest BCUT2D eigenvalue weighted by molar-refractivity contribution is 0.0952. The summed E-state index contributed by atoms with van der Waals surface area (Å²) in [6.07, 6.45) is 5.48. The second kappa shape index (κ2) is 7.40. The predicted octanol–water partition coefficient (Wildman–Crippen LogP) is 4.00. The zero-order chi connectivity index (χ0) is 17.8. The van der Waals surface area contributed by atoms with Crippen LogP contribution >= 0.6 is 0 Å². The number of nitrogens with zero attached hydrogens (tertiary/aromatic N) is 1. The summed E-state index contributed by atoms with van der Waals surface area (Å²) < 4.78 is 5.80. The van der Waals surface area contributed by atoms with Gasteiger partial charge in [-0.1, -0.05) is 30.3 Å². The van der Waals surface area contributed by atoms with Crippen LogP contribution in [0.15, 0.2) is 67.0 Å². The maximum atomic E-state index is 12.4. The lowest BCUT2D eigenvalue weighted by Crippen LogP contribution is -2.25. The standard InChI is InChI=1S/C22H20N2O2/c25-22(24-11-4-7-16-5-2-1-3-6-16)17-8-9-20-19-10-12-23-14-18(19)15-26-21(20)13-17/h1-3,5-6,8-10,12-14H,4,7,11,15H2,(H,24,25). The largest absolute Gasteiger partial charge is 0.488 e. The maximum Gasteiger partial charge on any atom is 0.251 e. The average molecular weight is 344 g/mol. The molecule has 1 aromatic heterocycles. The van der Waals surface area contributed by atoms with Crippen LogP contribution in [0.1, 0.15) is 27.9 Å². The van der Waals surface area contributed by atoms with E-state index in [4.69, 9.17) is 4.74 Å². The number of carbonyl (C=O) groups is 1. The van der Waals surface area contributed by atoms with Gasteiger partial charge in [0.15, 0.2) is 0 Å². The Balaban J connectivity index is 1.39. The van der Waals surface area contributed by atoms with E-state index in [1.54, 1.807) is 6.20 Å². The minimum absolute atomic E-state index is 0.0648. The summed E-state index contributed by atoms with van der Waals surface area (Å²) in [5.74, 6) is 0.686. The van der Waals surface area contributed by atoms with Gasteiger partial charge in [0, 0.05) is 35.6 Å². The number of amides is 1. The van der Waals surface area contributed by atoms with Crippen LogP contribution in [0.2, 0.25) is 0 Å². The molecular formula is C22H20N2O2. The van der Waals surface area contributed by atoms with Gasteiger partial charge in [-0.3, -0.25) is 9.78 Å². The number of aromatic nitrogens is 1. The fourth-order valence-corrected chi connectivity index (χ4v) is 3.21. The number of aryl methyl sites for hydroxylation is 1. The zero-order valence-electron chi connectivity index (χ0n) is 14.4. The molecule has 0 spiro atoms. The monoisotopic (exact) mass is 344 g/mol. The molecule has 1 N–H and O–H groups in total. The molecule has 1 aliphatic heterocycles. The van der Waals surface area contributed by atoms with Gasteiger partial charge >= 0.3 is 0 Å². The molecule has 4 nitrogen and oxygen atoms in total. The number of hydrogen-bond acceptors (Lipinski definition) is 3. The molecular weight excluding hydrogens is 324 g/mol. The Bertz CT molecular complexity index is 922. The Kier molecular flexibility index (Phi) is 4.65. The highest BCUT2D eigenvalue weighted by molar-refractivity contribution is 5.95. The number of hydrogen-bond donors (Lipinski definition) is 1. The first-order valence-electron chi connectivity index (χ1n) is 8.83. The molecule has 3 aromatic rings. The van der Waals surface area contributed by atoms with Crippen LogP contribution in [0, 0.1) is 0 Å². The summed E-state index contributed by atoms with van der Waals surface area (Å²) in [7, 11) is 0. The van der Waals surface area contributed by atoms with Crippen molar-refractivity contribution in [2.24, 2.45) is 0 Å². The topological polar surface area (TPSA) is 51.2 Å². The number of nitrogens with one attached hydrogen (secondary N) is 1. The van der Waals surface area contributed by atoms with Crippen molar-refractivity contribution < 1.29 is 9.53 Å². The van der Waals surface area contributed by atoms with Gasteiger partial charge in [-0.25, -0.2) is 0 Å². The molecule has 4 rings (SSSR count). The van der Waals surface area contributed by atoms with Crippen molar-refractivity contribution in [2.45, 2.75) is 19.4 Å². The second-order valence-corrected chi connectivity index (χ2v) is 6.38. The van der Waals surface area contributed by atoms with E-state index in [1.165, 1.54) is 5.56 Å². The number of ether oxygens (including phenoxy) is 1. The second-order valence-electron chi connectivity index (χ2n) is 6.38. The van der Waals surface area contributed by atoms with E-state index in [2.05, 4.69) is 22.4 Å². The van der Waals surface area contributed by atoms with Crippen molar-refractivity contribution in [3.63, 3.8) is 0 Å². The summed E-state index contributed by atoms with van der Waals surface area (Å²) in [5.41, 5.74) is 5.11. The minimum atomic E-state index is -0.0648. The molecule has 2 heterocycles. The Morgan fingerprint density at radius 1 is 1.08 bits per heavy atom. The molecule has 0 saturated heterocycles. The summed E-state index contributed by atoms with van der Waals surface area (Å²) in [6.45, 7) is 1.14. The first kappa shape index (κ1) is 16.3. The minimum Gasteiger partial charge on any atom is -0.488 e. The molecule has 0 unspecified atom stereocenters. The molecule has 0 bridgehead atoms. The lowest BCUT2D eigenvalue weighted by Gasteiger charge is -2.20. The SMILES string of the molecule is O=C(NCCCc1ccccc1)c1ccc2c(c1)OCc1cnccc1-2. The van der Waals surface area contributed by atoms with Crippen LogP contribution in [-0.2, 0) is 13.0 Å². The van der Waals surface area contributed by atoms with Crippen LogP contribution < -0.4 is 10.1 Å². The smallest absolute Gasteiger partial charge is 0.251 e. The van der Waals surface area contributed by atoms with Gasteiger partial charge in [-0.05, 0) is 48.2 Å². The van der Waals surface area contributed by atoms with Crippen molar-refractivity contribution in [2.75, 3.05) is 6.54 Å². The van der Waals surface area contributed by atoms with Gasteiger partial charge < -0.3 is 10.1 Å². The van der Waals surface area contributed by atoms with Gasteiger partial charge in [0.05, 0.1) is 0 Å². The average Bonchev–Trinajstić information content (AvgIpc) is 2.71. The predicted molar refractivity (Wildman–Crippen MR) is 101 cm³/mol. The first-order valence-corrected chi connectivity index (χ1v) is 8.83. The Morgan fingerprint density at radius 3 is 2.85 bits per heavy atom. The molecule has 4 heteroatoms. The molecule has 0 saturated carbocycles. The van der Waals surface area contributed by atoms with E-state index in [0.29, 0.717) is 18.7 Å². The Labute approximate surface area is 152 Å². The highest BCUT2D eigenvalue weighted by Crippen LogP contribution is 2.37. The van der Waals surface area contributed by atoms with Crippen LogP contribution in [-0.4, -0.2) is 17.4 Å². The Morgan fingerprint density at radius 2 is 1.96 bits per heavy atom. The first-order chi connectivity index (χ1) is 12.8. The van der Waals surface area contributed by atoms with Gasteiger partial charge in [0.1, 0.15) is 12.4 Å².